The summed E-state index contributed by atoms with van der Waals surface area (Å²) in [7, 11) is 1.72. The van der Waals surface area contributed by atoms with Crippen LogP contribution in [0.15, 0.2) is 49.6 Å². The van der Waals surface area contributed by atoms with Crippen LogP contribution in [0.25, 0.3) is 0 Å². The van der Waals surface area contributed by atoms with Crippen molar-refractivity contribution in [3.8, 4) is 0 Å². The highest BCUT2D eigenvalue weighted by Crippen LogP contribution is 2.51. The molecule has 2 saturated heterocycles. The van der Waals surface area contributed by atoms with Crippen LogP contribution >= 0.6 is 24.2 Å². The first-order valence-electron chi connectivity index (χ1n) is 13.4. The Morgan fingerprint density at radius 1 is 1.16 bits per heavy atom. The predicted octanol–water partition coefficient (Wildman–Crippen LogP) is 3.90. The Kier molecular flexibility index (Phi) is 10.5. The number of aryl methyl sites for hydroxylation is 1. The van der Waals surface area contributed by atoms with E-state index in [2.05, 4.69) is 41.2 Å². The summed E-state index contributed by atoms with van der Waals surface area (Å²) in [5.74, 6) is 0.212. The van der Waals surface area contributed by atoms with E-state index < -0.39 is 23.5 Å². The molecule has 3 amide bonds. The van der Waals surface area contributed by atoms with Crippen molar-refractivity contribution in [2.75, 3.05) is 12.8 Å². The van der Waals surface area contributed by atoms with Gasteiger partial charge in [0.25, 0.3) is 0 Å². The molecule has 208 valence electrons. The SMILES string of the molecule is C=CCC1(CC=C)C[C@@H]2SCC[C@H](NC(=O)C(C)NC)C(=O)N2C1C(=O)N[C@@H]1CCCc2ccccc21.Cl. The van der Waals surface area contributed by atoms with Gasteiger partial charge in [-0.1, -0.05) is 36.4 Å². The highest BCUT2D eigenvalue weighted by Gasteiger charge is 2.57. The van der Waals surface area contributed by atoms with Crippen molar-refractivity contribution in [1.29, 1.82) is 0 Å². The predicted molar refractivity (Wildman–Crippen MR) is 156 cm³/mol. The molecule has 0 radical (unpaired) electrons. The summed E-state index contributed by atoms with van der Waals surface area (Å²) in [6.07, 6.45) is 9.05. The van der Waals surface area contributed by atoms with Crippen molar-refractivity contribution in [3.63, 3.8) is 0 Å². The monoisotopic (exact) mass is 560 g/mol. The lowest BCUT2D eigenvalue weighted by atomic mass is 9.73. The number of allylic oxidation sites excluding steroid dienone is 2. The van der Waals surface area contributed by atoms with Gasteiger partial charge in [0, 0.05) is 5.41 Å². The molecule has 0 spiro atoms. The second-order valence-electron chi connectivity index (χ2n) is 10.5. The van der Waals surface area contributed by atoms with Gasteiger partial charge >= 0.3 is 0 Å². The normalized spacial score (nSPS) is 26.6. The van der Waals surface area contributed by atoms with Gasteiger partial charge in [-0.3, -0.25) is 14.4 Å². The number of halogens is 1. The van der Waals surface area contributed by atoms with Gasteiger partial charge in [-0.25, -0.2) is 0 Å². The second kappa shape index (κ2) is 13.2. The maximum absolute atomic E-state index is 14.2. The lowest BCUT2D eigenvalue weighted by Crippen LogP contribution is -2.58. The largest absolute Gasteiger partial charge is 0.347 e. The molecule has 3 N–H and O–H groups in total. The maximum Gasteiger partial charge on any atom is 0.246 e. The molecule has 7 nitrogen and oxygen atoms in total. The van der Waals surface area contributed by atoms with E-state index in [1.165, 1.54) is 5.56 Å². The third-order valence-electron chi connectivity index (χ3n) is 8.20. The van der Waals surface area contributed by atoms with Gasteiger partial charge in [-0.2, -0.15) is 0 Å². The molecule has 3 aliphatic rings. The number of nitrogens with zero attached hydrogens (tertiary/aromatic N) is 1. The number of nitrogens with one attached hydrogen (secondary N) is 3. The number of carbonyl (C=O) groups is 3. The zero-order chi connectivity index (χ0) is 26.6. The zero-order valence-electron chi connectivity index (χ0n) is 22.4. The van der Waals surface area contributed by atoms with Crippen molar-refractivity contribution in [3.05, 3.63) is 60.7 Å². The quantitative estimate of drug-likeness (QED) is 0.399. The molecule has 38 heavy (non-hydrogen) atoms. The molecule has 2 aliphatic heterocycles. The number of carbonyl (C=O) groups excluding carboxylic acids is 3. The van der Waals surface area contributed by atoms with Crippen molar-refractivity contribution < 1.29 is 14.4 Å². The first-order valence-corrected chi connectivity index (χ1v) is 14.4. The Labute approximate surface area is 237 Å². The van der Waals surface area contributed by atoms with Crippen LogP contribution in [0.5, 0.6) is 0 Å². The fourth-order valence-electron chi connectivity index (χ4n) is 6.22. The molecule has 5 atom stereocenters. The summed E-state index contributed by atoms with van der Waals surface area (Å²) >= 11 is 1.70. The van der Waals surface area contributed by atoms with Crippen molar-refractivity contribution in [2.45, 2.75) is 81.4 Å². The summed E-state index contributed by atoms with van der Waals surface area (Å²) < 4.78 is 0. The van der Waals surface area contributed by atoms with E-state index in [1.54, 1.807) is 30.6 Å². The van der Waals surface area contributed by atoms with Crippen molar-refractivity contribution >= 4 is 41.9 Å². The van der Waals surface area contributed by atoms with E-state index in [4.69, 9.17) is 0 Å². The Balaban J connectivity index is 0.00000400. The third-order valence-corrected chi connectivity index (χ3v) is 9.45. The number of thioether (sulfide) groups is 1. The number of rotatable bonds is 9. The van der Waals surface area contributed by atoms with Crippen LogP contribution in [-0.4, -0.2) is 58.9 Å². The summed E-state index contributed by atoms with van der Waals surface area (Å²) in [5.41, 5.74) is 1.95. The standard InChI is InChI=1S/C29H40N4O3S.ClH/c1-5-15-29(16-6-2)18-24-33(28(36)23(14-17-37-24)32-26(34)19(3)30-4)25(29)27(35)31-22-13-9-11-20-10-7-8-12-21(20)22;/h5-8,10,12,19,22-25,30H,1-2,9,11,13-18H2,3-4H3,(H,31,35)(H,32,34);1H/t19?,22-,23+,24+,25?;/m1./s1. The van der Waals surface area contributed by atoms with E-state index in [0.29, 0.717) is 25.7 Å². The number of hydrogen-bond donors (Lipinski definition) is 3. The highest BCUT2D eigenvalue weighted by atomic mass is 35.5. The number of likely N-dealkylation sites (N-methyl/N-ethyl adjacent to an activating group) is 1. The summed E-state index contributed by atoms with van der Waals surface area (Å²) in [6.45, 7) is 9.74. The first kappa shape index (κ1) is 30.3. The minimum atomic E-state index is -0.665. The van der Waals surface area contributed by atoms with E-state index in [9.17, 15) is 14.4 Å². The van der Waals surface area contributed by atoms with Crippen LogP contribution in [0.1, 0.15) is 62.6 Å². The third kappa shape index (κ3) is 5.97. The van der Waals surface area contributed by atoms with Gasteiger partial charge < -0.3 is 20.9 Å². The van der Waals surface area contributed by atoms with Crippen LogP contribution in [0.4, 0.5) is 0 Å². The molecular formula is C29H41ClN4O3S. The van der Waals surface area contributed by atoms with Gasteiger partial charge in [0.15, 0.2) is 0 Å². The second-order valence-corrected chi connectivity index (χ2v) is 11.8. The minimum absolute atomic E-state index is 0. The highest BCUT2D eigenvalue weighted by molar-refractivity contribution is 7.99. The summed E-state index contributed by atoms with van der Waals surface area (Å²) in [6, 6.07) is 6.47. The maximum atomic E-state index is 14.2. The molecule has 9 heteroatoms. The van der Waals surface area contributed by atoms with E-state index in [1.807, 2.05) is 24.3 Å². The summed E-state index contributed by atoms with van der Waals surface area (Å²) in [5, 5.41) is 9.07. The number of fused-ring (bicyclic) bond motifs is 2. The van der Waals surface area contributed by atoms with E-state index in [-0.39, 0.29) is 41.5 Å². The molecule has 0 bridgehead atoms. The molecule has 2 heterocycles. The lowest BCUT2D eigenvalue weighted by molar-refractivity contribution is -0.144. The Morgan fingerprint density at radius 3 is 2.55 bits per heavy atom. The van der Waals surface area contributed by atoms with Gasteiger partial charge in [0.1, 0.15) is 12.1 Å². The molecule has 1 aromatic rings. The molecule has 4 rings (SSSR count). The molecule has 2 unspecified atom stereocenters. The average molecular weight is 561 g/mol. The topological polar surface area (TPSA) is 90.5 Å². The number of hydrogen-bond acceptors (Lipinski definition) is 5. The van der Waals surface area contributed by atoms with E-state index in [0.717, 1.165) is 30.6 Å². The fraction of sp³-hybridized carbons (Fsp3) is 0.552. The van der Waals surface area contributed by atoms with Crippen molar-refractivity contribution in [1.82, 2.24) is 20.9 Å². The first-order chi connectivity index (χ1) is 17.8. The minimum Gasteiger partial charge on any atom is -0.347 e. The zero-order valence-corrected chi connectivity index (χ0v) is 24.0. The molecule has 2 fully saturated rings. The van der Waals surface area contributed by atoms with Crippen LogP contribution in [0.3, 0.4) is 0 Å². The van der Waals surface area contributed by atoms with Crippen LogP contribution in [0.2, 0.25) is 0 Å². The van der Waals surface area contributed by atoms with E-state index >= 15 is 0 Å². The smallest absolute Gasteiger partial charge is 0.246 e. The average Bonchev–Trinajstić information content (AvgIpc) is 3.13. The van der Waals surface area contributed by atoms with Gasteiger partial charge in [-0.15, -0.1) is 37.3 Å². The molecule has 0 aromatic heterocycles. The Morgan fingerprint density at radius 2 is 1.87 bits per heavy atom. The summed E-state index contributed by atoms with van der Waals surface area (Å²) in [4.78, 5) is 42.7. The molecular weight excluding hydrogens is 520 g/mol. The van der Waals surface area contributed by atoms with Crippen LogP contribution in [-0.2, 0) is 20.8 Å². The van der Waals surface area contributed by atoms with Gasteiger partial charge in [-0.05, 0) is 75.8 Å². The Hall–Kier alpha value is -2.29. The number of benzene rings is 1. The van der Waals surface area contributed by atoms with Crippen molar-refractivity contribution in [2.24, 2.45) is 5.41 Å². The van der Waals surface area contributed by atoms with Crippen LogP contribution < -0.4 is 16.0 Å². The molecule has 1 aromatic carbocycles. The van der Waals surface area contributed by atoms with Crippen LogP contribution in [0, 0.1) is 5.41 Å². The lowest BCUT2D eigenvalue weighted by Gasteiger charge is -2.38. The molecule has 1 aliphatic carbocycles. The Bertz CT molecular complexity index is 1040. The molecule has 0 saturated carbocycles. The number of amides is 3. The van der Waals surface area contributed by atoms with Gasteiger partial charge in [0.2, 0.25) is 17.7 Å². The fourth-order valence-corrected chi connectivity index (χ4v) is 7.70. The van der Waals surface area contributed by atoms with Gasteiger partial charge in [0.05, 0.1) is 17.5 Å².